The predicted octanol–water partition coefficient (Wildman–Crippen LogP) is 2.85. The Labute approximate surface area is 99.7 Å². The minimum absolute atomic E-state index is 0.259. The van der Waals surface area contributed by atoms with Gasteiger partial charge >= 0.3 is 5.97 Å². The van der Waals surface area contributed by atoms with Crippen LogP contribution in [0.5, 0.6) is 0 Å². The number of hydrogen-bond acceptors (Lipinski definition) is 2. The highest BCUT2D eigenvalue weighted by atomic mass is 16.4. The highest BCUT2D eigenvalue weighted by Crippen LogP contribution is 2.17. The number of aryl methyl sites for hydroxylation is 1. The van der Waals surface area contributed by atoms with Crippen molar-refractivity contribution in [1.29, 1.82) is 0 Å². The van der Waals surface area contributed by atoms with E-state index in [2.05, 4.69) is 23.8 Å². The van der Waals surface area contributed by atoms with Crippen LogP contribution >= 0.6 is 0 Å². The molecule has 1 aromatic carbocycles. The van der Waals surface area contributed by atoms with E-state index < -0.39 is 5.97 Å². The second kappa shape index (κ2) is 4.57. The first-order valence-corrected chi connectivity index (χ1v) is 5.79. The number of nitrogens with zero attached hydrogens (tertiary/aromatic N) is 1. The number of aromatic nitrogens is 2. The van der Waals surface area contributed by atoms with E-state index in [0.717, 1.165) is 24.2 Å². The number of carboxylic acids is 1. The molecule has 0 unspecified atom stereocenters. The first-order valence-electron chi connectivity index (χ1n) is 5.79. The lowest BCUT2D eigenvalue weighted by molar-refractivity contribution is 0.0699. The molecule has 2 rings (SSSR count). The maximum absolute atomic E-state index is 11.0. The minimum Gasteiger partial charge on any atom is -0.478 e. The van der Waals surface area contributed by atoms with E-state index in [9.17, 15) is 4.79 Å². The largest absolute Gasteiger partial charge is 0.478 e. The number of hydrogen-bond donors (Lipinski definition) is 2. The summed E-state index contributed by atoms with van der Waals surface area (Å²) in [5, 5.41) is 9.06. The highest BCUT2D eigenvalue weighted by molar-refractivity contribution is 6.00. The molecule has 0 aliphatic heterocycles. The van der Waals surface area contributed by atoms with Crippen LogP contribution in [0.25, 0.3) is 11.0 Å². The first-order chi connectivity index (χ1) is 8.08. The number of benzene rings is 1. The molecular formula is C13H16N2O2. The zero-order valence-corrected chi connectivity index (χ0v) is 10.0. The summed E-state index contributed by atoms with van der Waals surface area (Å²) >= 11 is 0. The molecule has 4 nitrogen and oxygen atoms in total. The highest BCUT2D eigenvalue weighted by Gasteiger charge is 2.12. The molecule has 0 fully saturated rings. The monoisotopic (exact) mass is 232 g/mol. The van der Waals surface area contributed by atoms with Crippen LogP contribution in [0.1, 0.15) is 36.5 Å². The summed E-state index contributed by atoms with van der Waals surface area (Å²) in [6.45, 7) is 4.32. The number of aromatic amines is 1. The molecule has 17 heavy (non-hydrogen) atoms. The van der Waals surface area contributed by atoms with Crippen LogP contribution in [0, 0.1) is 5.92 Å². The van der Waals surface area contributed by atoms with Crippen molar-refractivity contribution in [2.45, 2.75) is 26.7 Å². The molecule has 0 radical (unpaired) electrons. The number of rotatable bonds is 4. The van der Waals surface area contributed by atoms with Crippen LogP contribution in [0.2, 0.25) is 0 Å². The third kappa shape index (κ3) is 2.46. The van der Waals surface area contributed by atoms with Crippen LogP contribution in [0.15, 0.2) is 18.2 Å². The van der Waals surface area contributed by atoms with Crippen molar-refractivity contribution in [1.82, 2.24) is 9.97 Å². The molecule has 1 aromatic heterocycles. The van der Waals surface area contributed by atoms with Crippen molar-refractivity contribution in [2.75, 3.05) is 0 Å². The van der Waals surface area contributed by atoms with Gasteiger partial charge in [-0.2, -0.15) is 0 Å². The molecule has 0 spiro atoms. The van der Waals surface area contributed by atoms with E-state index in [0.29, 0.717) is 11.4 Å². The van der Waals surface area contributed by atoms with Crippen molar-refractivity contribution in [3.8, 4) is 0 Å². The van der Waals surface area contributed by atoms with Gasteiger partial charge in [-0.3, -0.25) is 0 Å². The molecule has 0 saturated carbocycles. The fourth-order valence-corrected chi connectivity index (χ4v) is 1.80. The van der Waals surface area contributed by atoms with Crippen LogP contribution in [0.4, 0.5) is 0 Å². The standard InChI is InChI=1S/C13H16N2O2/c1-8(2)6-7-11-14-10-5-3-4-9(13(16)17)12(10)15-11/h3-5,8H,6-7H2,1-2H3,(H,14,15)(H,16,17). The Morgan fingerprint density at radius 3 is 2.88 bits per heavy atom. The molecule has 0 bridgehead atoms. The summed E-state index contributed by atoms with van der Waals surface area (Å²) in [5.74, 6) is 0.544. The number of para-hydroxylation sites is 1. The summed E-state index contributed by atoms with van der Waals surface area (Å²) < 4.78 is 0. The van der Waals surface area contributed by atoms with E-state index in [1.807, 2.05) is 6.07 Å². The molecular weight excluding hydrogens is 216 g/mol. The fourth-order valence-electron chi connectivity index (χ4n) is 1.80. The molecule has 4 heteroatoms. The number of aromatic carboxylic acids is 1. The predicted molar refractivity (Wildman–Crippen MR) is 66.2 cm³/mol. The first kappa shape index (κ1) is 11.6. The normalized spacial score (nSPS) is 11.2. The summed E-state index contributed by atoms with van der Waals surface area (Å²) in [7, 11) is 0. The number of carbonyl (C=O) groups is 1. The lowest BCUT2D eigenvalue weighted by atomic mass is 10.1. The van der Waals surface area contributed by atoms with Gasteiger partial charge in [-0.05, 0) is 24.5 Å². The Hall–Kier alpha value is -1.84. The molecule has 1 heterocycles. The average molecular weight is 232 g/mol. The second-order valence-corrected chi connectivity index (χ2v) is 4.62. The van der Waals surface area contributed by atoms with E-state index in [-0.39, 0.29) is 5.56 Å². The second-order valence-electron chi connectivity index (χ2n) is 4.62. The Kier molecular flexibility index (Phi) is 3.13. The smallest absolute Gasteiger partial charge is 0.337 e. The third-order valence-electron chi connectivity index (χ3n) is 2.75. The van der Waals surface area contributed by atoms with Gasteiger partial charge in [0.15, 0.2) is 0 Å². The van der Waals surface area contributed by atoms with Gasteiger partial charge in [0.1, 0.15) is 11.3 Å². The van der Waals surface area contributed by atoms with Gasteiger partial charge in [0.05, 0.1) is 11.1 Å². The lowest BCUT2D eigenvalue weighted by Gasteiger charge is -2.00. The summed E-state index contributed by atoms with van der Waals surface area (Å²) in [6.07, 6.45) is 1.90. The SMILES string of the molecule is CC(C)CCc1nc2c(C(=O)O)cccc2[nH]1. The van der Waals surface area contributed by atoms with Crippen LogP contribution in [-0.2, 0) is 6.42 Å². The van der Waals surface area contributed by atoms with Crippen LogP contribution in [0.3, 0.4) is 0 Å². The van der Waals surface area contributed by atoms with Gasteiger partial charge in [0, 0.05) is 6.42 Å². The maximum atomic E-state index is 11.0. The fraction of sp³-hybridized carbons (Fsp3) is 0.385. The summed E-state index contributed by atoms with van der Waals surface area (Å²) in [4.78, 5) is 18.6. The minimum atomic E-state index is -0.933. The molecule has 2 aromatic rings. The van der Waals surface area contributed by atoms with Gasteiger partial charge in [-0.1, -0.05) is 19.9 Å². The van der Waals surface area contributed by atoms with Gasteiger partial charge in [0.25, 0.3) is 0 Å². The van der Waals surface area contributed by atoms with E-state index in [4.69, 9.17) is 5.11 Å². The molecule has 0 aliphatic carbocycles. The van der Waals surface area contributed by atoms with Crippen LogP contribution in [-0.4, -0.2) is 21.0 Å². The lowest BCUT2D eigenvalue weighted by Crippen LogP contribution is -1.97. The van der Waals surface area contributed by atoms with E-state index in [1.54, 1.807) is 12.1 Å². The molecule has 0 aliphatic rings. The topological polar surface area (TPSA) is 66.0 Å². The zero-order chi connectivity index (χ0) is 12.4. The van der Waals surface area contributed by atoms with Crippen molar-refractivity contribution >= 4 is 17.0 Å². The van der Waals surface area contributed by atoms with Gasteiger partial charge in [-0.15, -0.1) is 0 Å². The summed E-state index contributed by atoms with van der Waals surface area (Å²) in [5.41, 5.74) is 1.61. The number of fused-ring (bicyclic) bond motifs is 1. The summed E-state index contributed by atoms with van der Waals surface area (Å²) in [6, 6.07) is 5.17. The molecule has 2 N–H and O–H groups in total. The molecule has 90 valence electrons. The Balaban J connectivity index is 2.36. The van der Waals surface area contributed by atoms with Crippen molar-refractivity contribution in [3.63, 3.8) is 0 Å². The quantitative estimate of drug-likeness (QED) is 0.851. The molecule has 0 saturated heterocycles. The number of carboxylic acid groups (broad SMARTS) is 1. The van der Waals surface area contributed by atoms with Gasteiger partial charge in [0.2, 0.25) is 0 Å². The van der Waals surface area contributed by atoms with Gasteiger partial charge < -0.3 is 10.1 Å². The third-order valence-corrected chi connectivity index (χ3v) is 2.75. The van der Waals surface area contributed by atoms with E-state index in [1.165, 1.54) is 0 Å². The number of nitrogens with one attached hydrogen (secondary N) is 1. The molecule has 0 atom stereocenters. The Morgan fingerprint density at radius 2 is 2.24 bits per heavy atom. The van der Waals surface area contributed by atoms with Gasteiger partial charge in [-0.25, -0.2) is 9.78 Å². The molecule has 0 amide bonds. The van der Waals surface area contributed by atoms with Crippen molar-refractivity contribution in [3.05, 3.63) is 29.6 Å². The van der Waals surface area contributed by atoms with Crippen LogP contribution < -0.4 is 0 Å². The van der Waals surface area contributed by atoms with Crippen molar-refractivity contribution in [2.24, 2.45) is 5.92 Å². The van der Waals surface area contributed by atoms with E-state index >= 15 is 0 Å². The average Bonchev–Trinajstić information content (AvgIpc) is 2.68. The Morgan fingerprint density at radius 1 is 1.47 bits per heavy atom. The van der Waals surface area contributed by atoms with Crippen molar-refractivity contribution < 1.29 is 9.90 Å². The maximum Gasteiger partial charge on any atom is 0.337 e. The zero-order valence-electron chi connectivity index (χ0n) is 10.0. The number of H-pyrrole nitrogens is 1. The Bertz CT molecular complexity index is 543. The number of imidazole rings is 1.